The summed E-state index contributed by atoms with van der Waals surface area (Å²) in [4.78, 5) is 47.5. The number of nitrogens with zero attached hydrogens (tertiary/aromatic N) is 1. The summed E-state index contributed by atoms with van der Waals surface area (Å²) in [6, 6.07) is 5.50. The Bertz CT molecular complexity index is 664. The van der Waals surface area contributed by atoms with Crippen LogP contribution < -0.4 is 21.1 Å². The molecule has 1 saturated heterocycles. The van der Waals surface area contributed by atoms with E-state index < -0.39 is 23.8 Å². The topological polar surface area (TPSA) is 108 Å². The number of rotatable bonds is 5. The second-order valence-corrected chi connectivity index (χ2v) is 5.34. The lowest BCUT2D eigenvalue weighted by Crippen LogP contribution is -2.50. The molecule has 3 N–H and O–H groups in total. The van der Waals surface area contributed by atoms with Crippen LogP contribution in [0.5, 0.6) is 0 Å². The maximum atomic E-state index is 12.3. The number of anilines is 1. The van der Waals surface area contributed by atoms with Crippen molar-refractivity contribution in [3.05, 3.63) is 29.3 Å². The second kappa shape index (κ2) is 7.21. The molecule has 4 amide bonds. The smallest absolute Gasteiger partial charge is 0.253 e. The first kappa shape index (κ1) is 16.9. The van der Waals surface area contributed by atoms with Crippen molar-refractivity contribution >= 4 is 40.9 Å². The summed E-state index contributed by atoms with van der Waals surface area (Å²) in [5, 5.41) is 2.72. The number of hydrogen-bond acceptors (Lipinski definition) is 5. The molecule has 23 heavy (non-hydrogen) atoms. The molecule has 0 bridgehead atoms. The summed E-state index contributed by atoms with van der Waals surface area (Å²) < 4.78 is 0. The van der Waals surface area contributed by atoms with Crippen molar-refractivity contribution < 1.29 is 19.2 Å². The third-order valence-corrected chi connectivity index (χ3v) is 3.33. The largest absolute Gasteiger partial charge is 0.347 e. The highest BCUT2D eigenvalue weighted by Crippen LogP contribution is 2.25. The van der Waals surface area contributed by atoms with Crippen LogP contribution in [0.2, 0.25) is 5.02 Å². The number of hydrazine groups is 1. The van der Waals surface area contributed by atoms with Gasteiger partial charge in [-0.1, -0.05) is 17.7 Å². The van der Waals surface area contributed by atoms with E-state index in [1.807, 2.05) is 0 Å². The third-order valence-electron chi connectivity index (χ3n) is 3.10. The molecule has 2 rings (SSSR count). The first-order valence-electron chi connectivity index (χ1n) is 6.79. The van der Waals surface area contributed by atoms with Gasteiger partial charge < -0.3 is 5.32 Å². The van der Waals surface area contributed by atoms with Gasteiger partial charge in [-0.3, -0.25) is 24.6 Å². The van der Waals surface area contributed by atoms with Gasteiger partial charge in [-0.15, -0.1) is 0 Å². The van der Waals surface area contributed by atoms with Gasteiger partial charge in [0, 0.05) is 11.9 Å². The molecule has 0 aromatic heterocycles. The molecule has 1 aliphatic rings. The fraction of sp³-hybridized carbons (Fsp3) is 0.286. The molecule has 1 aromatic rings. The van der Waals surface area contributed by atoms with E-state index in [0.29, 0.717) is 10.7 Å². The van der Waals surface area contributed by atoms with Crippen molar-refractivity contribution in [2.24, 2.45) is 0 Å². The Morgan fingerprint density at radius 1 is 1.35 bits per heavy atom. The van der Waals surface area contributed by atoms with E-state index in [9.17, 15) is 19.2 Å². The Morgan fingerprint density at radius 3 is 2.74 bits per heavy atom. The molecule has 0 aliphatic carbocycles. The van der Waals surface area contributed by atoms with Gasteiger partial charge in [0.1, 0.15) is 6.04 Å². The van der Waals surface area contributed by atoms with Crippen LogP contribution in [0.3, 0.4) is 0 Å². The summed E-state index contributed by atoms with van der Waals surface area (Å²) >= 11 is 5.86. The van der Waals surface area contributed by atoms with Gasteiger partial charge in [-0.05, 0) is 18.2 Å². The van der Waals surface area contributed by atoms with E-state index in [1.54, 1.807) is 18.2 Å². The molecule has 1 heterocycles. The number of carbonyl (C=O) groups is 4. The van der Waals surface area contributed by atoms with Gasteiger partial charge in [-0.25, -0.2) is 10.3 Å². The normalized spacial score (nSPS) is 17.3. The number of carbonyl (C=O) groups excluding carboxylic acids is 4. The Labute approximate surface area is 137 Å². The summed E-state index contributed by atoms with van der Waals surface area (Å²) in [6.45, 7) is 1.05. The first-order valence-corrected chi connectivity index (χ1v) is 7.17. The van der Waals surface area contributed by atoms with Crippen LogP contribution in [0.25, 0.3) is 0 Å². The fourth-order valence-corrected chi connectivity index (χ4v) is 2.23. The van der Waals surface area contributed by atoms with Crippen LogP contribution in [0.15, 0.2) is 24.3 Å². The van der Waals surface area contributed by atoms with E-state index in [-0.39, 0.29) is 18.9 Å². The van der Waals surface area contributed by atoms with Crippen molar-refractivity contribution in [3.63, 3.8) is 0 Å². The van der Waals surface area contributed by atoms with Crippen LogP contribution in [-0.4, -0.2) is 36.2 Å². The number of nitrogens with one attached hydrogen (secondary N) is 3. The molecular formula is C14H15ClN4O4. The average molecular weight is 339 g/mol. The summed E-state index contributed by atoms with van der Waals surface area (Å²) in [7, 11) is 0. The Morgan fingerprint density at radius 2 is 2.09 bits per heavy atom. The van der Waals surface area contributed by atoms with Crippen LogP contribution >= 0.6 is 11.6 Å². The first-order chi connectivity index (χ1) is 10.9. The quantitative estimate of drug-likeness (QED) is 0.506. The Balaban J connectivity index is 1.96. The number of hydrogen-bond donors (Lipinski definition) is 3. The van der Waals surface area contributed by atoms with Gasteiger partial charge in [-0.2, -0.15) is 0 Å². The van der Waals surface area contributed by atoms with Crippen molar-refractivity contribution in [2.75, 3.05) is 11.4 Å². The van der Waals surface area contributed by atoms with Crippen LogP contribution in [0.4, 0.5) is 5.69 Å². The third kappa shape index (κ3) is 4.27. The minimum Gasteiger partial charge on any atom is -0.347 e. The molecule has 1 aliphatic heterocycles. The summed E-state index contributed by atoms with van der Waals surface area (Å²) in [5.74, 6) is -1.76. The van der Waals surface area contributed by atoms with Crippen molar-refractivity contribution in [1.29, 1.82) is 0 Å². The van der Waals surface area contributed by atoms with Crippen molar-refractivity contribution in [2.45, 2.75) is 19.4 Å². The van der Waals surface area contributed by atoms with E-state index in [0.717, 1.165) is 4.90 Å². The predicted octanol–water partition coefficient (Wildman–Crippen LogP) is -0.271. The zero-order chi connectivity index (χ0) is 17.0. The van der Waals surface area contributed by atoms with E-state index >= 15 is 0 Å². The number of amides is 4. The van der Waals surface area contributed by atoms with Gasteiger partial charge in [0.2, 0.25) is 11.8 Å². The molecule has 0 saturated carbocycles. The molecule has 1 aromatic carbocycles. The minimum absolute atomic E-state index is 0.0915. The van der Waals surface area contributed by atoms with Crippen molar-refractivity contribution in [3.8, 4) is 0 Å². The Kier molecular flexibility index (Phi) is 5.30. The number of benzene rings is 1. The second-order valence-electron chi connectivity index (χ2n) is 4.91. The number of halogens is 1. The van der Waals surface area contributed by atoms with Crippen molar-refractivity contribution in [1.82, 2.24) is 16.2 Å². The maximum absolute atomic E-state index is 12.3. The van der Waals surface area contributed by atoms with E-state index in [1.165, 1.54) is 13.0 Å². The fourth-order valence-electron chi connectivity index (χ4n) is 2.05. The Hall–Kier alpha value is -2.45. The molecule has 122 valence electrons. The van der Waals surface area contributed by atoms with Gasteiger partial charge in [0.15, 0.2) is 0 Å². The van der Waals surface area contributed by atoms with Gasteiger partial charge in [0.05, 0.1) is 18.7 Å². The molecule has 0 radical (unpaired) electrons. The highest BCUT2D eigenvalue weighted by Gasteiger charge is 2.39. The monoisotopic (exact) mass is 338 g/mol. The molecule has 1 fully saturated rings. The summed E-state index contributed by atoms with van der Waals surface area (Å²) in [5.41, 5.74) is 5.16. The molecule has 1 atom stereocenters. The lowest BCUT2D eigenvalue weighted by molar-refractivity contribution is -0.126. The van der Waals surface area contributed by atoms with E-state index in [2.05, 4.69) is 16.2 Å². The lowest BCUT2D eigenvalue weighted by atomic mass is 10.2. The van der Waals surface area contributed by atoms with Crippen LogP contribution in [-0.2, 0) is 19.2 Å². The maximum Gasteiger partial charge on any atom is 0.253 e. The zero-order valence-corrected chi connectivity index (χ0v) is 13.0. The van der Waals surface area contributed by atoms with Gasteiger partial charge in [0.25, 0.3) is 11.8 Å². The molecule has 0 unspecified atom stereocenters. The average Bonchev–Trinajstić information content (AvgIpc) is 2.77. The number of imide groups is 1. The minimum atomic E-state index is -0.872. The van der Waals surface area contributed by atoms with Crippen LogP contribution in [0.1, 0.15) is 13.3 Å². The predicted molar refractivity (Wildman–Crippen MR) is 82.3 cm³/mol. The standard InChI is InChI=1S/C14H15ClN4O4/c1-8(20)16-7-12(21)18-17-11-6-13(22)19(14(11)23)10-4-2-3-9(15)5-10/h2-5,11,17H,6-7H2,1H3,(H,16,20)(H,18,21)/t11-/m0/s1. The molecular weight excluding hydrogens is 324 g/mol. The molecule has 8 nitrogen and oxygen atoms in total. The highest BCUT2D eigenvalue weighted by atomic mass is 35.5. The zero-order valence-electron chi connectivity index (χ0n) is 12.3. The van der Waals surface area contributed by atoms with Crippen LogP contribution in [0, 0.1) is 0 Å². The highest BCUT2D eigenvalue weighted by molar-refractivity contribution is 6.31. The lowest BCUT2D eigenvalue weighted by Gasteiger charge is -2.16. The summed E-state index contributed by atoms with van der Waals surface area (Å²) in [6.07, 6.45) is -0.0915. The molecule has 0 spiro atoms. The van der Waals surface area contributed by atoms with Gasteiger partial charge >= 0.3 is 0 Å². The SMILES string of the molecule is CC(=O)NCC(=O)NN[C@H]1CC(=O)N(c2cccc(Cl)c2)C1=O. The van der Waals surface area contributed by atoms with E-state index in [4.69, 9.17) is 11.6 Å². The molecule has 9 heteroatoms.